The Balaban J connectivity index is 1.41. The van der Waals surface area contributed by atoms with Crippen LogP contribution in [0.15, 0.2) is 53.0 Å². The molecular formula is C22H19BrF3NO2. The number of likely N-dealkylation sites (tertiary alicyclic amines) is 1. The van der Waals surface area contributed by atoms with Crippen LogP contribution in [0.3, 0.4) is 0 Å². The van der Waals surface area contributed by atoms with Crippen LogP contribution in [0.4, 0.5) is 13.2 Å². The minimum atomic E-state index is -4.52. The molecule has 1 aliphatic carbocycles. The number of piperidine rings is 1. The van der Waals surface area contributed by atoms with Gasteiger partial charge in [0.1, 0.15) is 5.75 Å². The molecule has 0 atom stereocenters. The van der Waals surface area contributed by atoms with Gasteiger partial charge in [-0.15, -0.1) is 0 Å². The van der Waals surface area contributed by atoms with Crippen molar-refractivity contribution in [3.8, 4) is 5.75 Å². The predicted molar refractivity (Wildman–Crippen MR) is 108 cm³/mol. The maximum Gasteiger partial charge on any atom is 0.419 e. The molecule has 3 nitrogen and oxygen atoms in total. The number of benzene rings is 2. The molecular weight excluding hydrogens is 447 g/mol. The number of amides is 1. The maximum absolute atomic E-state index is 13.1. The van der Waals surface area contributed by atoms with Crippen LogP contribution < -0.4 is 4.74 Å². The molecule has 0 N–H and O–H groups in total. The summed E-state index contributed by atoms with van der Waals surface area (Å²) in [5, 5.41) is 0. The Bertz CT molecular complexity index is 963. The summed E-state index contributed by atoms with van der Waals surface area (Å²) in [6.07, 6.45) is -0.881. The van der Waals surface area contributed by atoms with Crippen molar-refractivity contribution in [1.82, 2.24) is 4.90 Å². The molecule has 152 valence electrons. The van der Waals surface area contributed by atoms with E-state index in [1.807, 2.05) is 12.1 Å². The molecule has 1 amide bonds. The highest BCUT2D eigenvalue weighted by molar-refractivity contribution is 9.11. The van der Waals surface area contributed by atoms with Gasteiger partial charge in [0.2, 0.25) is 0 Å². The van der Waals surface area contributed by atoms with Gasteiger partial charge in [-0.25, -0.2) is 0 Å². The van der Waals surface area contributed by atoms with E-state index in [9.17, 15) is 18.0 Å². The van der Waals surface area contributed by atoms with Gasteiger partial charge in [0.05, 0.1) is 5.56 Å². The van der Waals surface area contributed by atoms with Crippen LogP contribution in [0.2, 0.25) is 0 Å². The number of halogens is 4. The smallest absolute Gasteiger partial charge is 0.419 e. The number of nitrogens with zero attached hydrogens (tertiary/aromatic N) is 1. The lowest BCUT2D eigenvalue weighted by molar-refractivity contribution is -0.141. The number of carbonyl (C=O) groups is 1. The van der Waals surface area contributed by atoms with E-state index in [1.165, 1.54) is 29.3 Å². The van der Waals surface area contributed by atoms with E-state index in [1.54, 1.807) is 4.90 Å². The Kier molecular flexibility index (Phi) is 5.19. The summed E-state index contributed by atoms with van der Waals surface area (Å²) in [5.74, 6) is -0.625. The van der Waals surface area contributed by atoms with Gasteiger partial charge in [0.15, 0.2) is 6.61 Å². The third kappa shape index (κ3) is 3.68. The van der Waals surface area contributed by atoms with Crippen molar-refractivity contribution in [3.63, 3.8) is 0 Å². The van der Waals surface area contributed by atoms with E-state index in [2.05, 4.69) is 34.1 Å². The van der Waals surface area contributed by atoms with Crippen LogP contribution in [0.5, 0.6) is 5.75 Å². The van der Waals surface area contributed by atoms with Crippen LogP contribution in [0.1, 0.15) is 29.5 Å². The molecule has 4 rings (SSSR count). The van der Waals surface area contributed by atoms with Crippen molar-refractivity contribution in [2.24, 2.45) is 0 Å². The lowest BCUT2D eigenvalue weighted by Crippen LogP contribution is -2.46. The number of rotatable bonds is 3. The lowest BCUT2D eigenvalue weighted by Gasteiger charge is -2.40. The molecule has 0 bridgehead atoms. The van der Waals surface area contributed by atoms with Crippen molar-refractivity contribution in [2.75, 3.05) is 19.7 Å². The Morgan fingerprint density at radius 2 is 1.72 bits per heavy atom. The number of hydrogen-bond donors (Lipinski definition) is 0. The molecule has 7 heteroatoms. The van der Waals surface area contributed by atoms with Crippen molar-refractivity contribution in [1.29, 1.82) is 0 Å². The zero-order valence-corrected chi connectivity index (χ0v) is 17.1. The molecule has 1 saturated heterocycles. The largest absolute Gasteiger partial charge is 0.483 e. The third-order valence-corrected chi connectivity index (χ3v) is 6.72. The fourth-order valence-electron chi connectivity index (χ4n) is 4.17. The highest BCUT2D eigenvalue weighted by atomic mass is 79.9. The Morgan fingerprint density at radius 3 is 2.45 bits per heavy atom. The van der Waals surface area contributed by atoms with Crippen molar-refractivity contribution in [3.05, 3.63) is 69.7 Å². The number of hydrogen-bond acceptors (Lipinski definition) is 2. The standard InChI is InChI=1S/C22H19BrF3NO2/c23-19-13-15-5-1-2-6-16(15)21(19)9-11-27(12-10-21)20(28)14-29-18-8-4-3-7-17(18)22(24,25)26/h1-8,13H,9-12,14H2. The Labute approximate surface area is 175 Å². The first-order chi connectivity index (χ1) is 13.8. The summed E-state index contributed by atoms with van der Waals surface area (Å²) in [4.78, 5) is 14.2. The average molecular weight is 466 g/mol. The second kappa shape index (κ2) is 7.52. The van der Waals surface area contributed by atoms with Gasteiger partial charge < -0.3 is 9.64 Å². The Hall–Kier alpha value is -2.28. The summed E-state index contributed by atoms with van der Waals surface area (Å²) >= 11 is 3.71. The van der Waals surface area contributed by atoms with Crippen molar-refractivity contribution < 1.29 is 22.7 Å². The quantitative estimate of drug-likeness (QED) is 0.607. The van der Waals surface area contributed by atoms with E-state index < -0.39 is 18.3 Å². The average Bonchev–Trinajstić information content (AvgIpc) is 2.98. The maximum atomic E-state index is 13.1. The van der Waals surface area contributed by atoms with Crippen LogP contribution >= 0.6 is 15.9 Å². The first-order valence-electron chi connectivity index (χ1n) is 9.35. The summed E-state index contributed by atoms with van der Waals surface area (Å²) in [6, 6.07) is 13.2. The zero-order chi connectivity index (χ0) is 20.6. The van der Waals surface area contributed by atoms with Gasteiger partial charge in [-0.05, 0) is 42.2 Å². The van der Waals surface area contributed by atoms with Gasteiger partial charge >= 0.3 is 6.18 Å². The van der Waals surface area contributed by atoms with Gasteiger partial charge in [-0.1, -0.05) is 52.3 Å². The minimum Gasteiger partial charge on any atom is -0.483 e. The van der Waals surface area contributed by atoms with Gasteiger partial charge in [0, 0.05) is 23.0 Å². The molecule has 2 aromatic carbocycles. The molecule has 29 heavy (non-hydrogen) atoms. The summed E-state index contributed by atoms with van der Waals surface area (Å²) in [5.41, 5.74) is 1.44. The lowest BCUT2D eigenvalue weighted by atomic mass is 9.74. The fourth-order valence-corrected chi connectivity index (χ4v) is 5.02. The normalized spacial score (nSPS) is 17.8. The van der Waals surface area contributed by atoms with Crippen molar-refractivity contribution in [2.45, 2.75) is 24.4 Å². The number of fused-ring (bicyclic) bond motifs is 2. The summed E-state index contributed by atoms with van der Waals surface area (Å²) in [6.45, 7) is 0.647. The van der Waals surface area contributed by atoms with Crippen LogP contribution in [-0.4, -0.2) is 30.5 Å². The first-order valence-corrected chi connectivity index (χ1v) is 10.1. The van der Waals surface area contributed by atoms with E-state index in [0.29, 0.717) is 13.1 Å². The molecule has 2 aromatic rings. The van der Waals surface area contributed by atoms with E-state index >= 15 is 0 Å². The first kappa shape index (κ1) is 20.0. The second-order valence-electron chi connectivity index (χ2n) is 7.33. The number of allylic oxidation sites excluding steroid dienone is 1. The second-order valence-corrected chi connectivity index (χ2v) is 8.18. The molecule has 1 spiro atoms. The number of para-hydroxylation sites is 1. The number of alkyl halides is 3. The van der Waals surface area contributed by atoms with Crippen LogP contribution in [0.25, 0.3) is 6.08 Å². The summed E-state index contributed by atoms with van der Waals surface area (Å²) < 4.78 is 45.6. The minimum absolute atomic E-state index is 0.128. The SMILES string of the molecule is O=C(COc1ccccc1C(F)(F)F)N1CCC2(CC1)C(Br)=Cc1ccccc12. The molecule has 0 saturated carbocycles. The zero-order valence-electron chi connectivity index (χ0n) is 15.5. The van der Waals surface area contributed by atoms with Gasteiger partial charge in [-0.2, -0.15) is 13.2 Å². The van der Waals surface area contributed by atoms with E-state index in [-0.39, 0.29) is 17.1 Å². The summed E-state index contributed by atoms with van der Waals surface area (Å²) in [7, 11) is 0. The predicted octanol–water partition coefficient (Wildman–Crippen LogP) is 5.39. The van der Waals surface area contributed by atoms with E-state index in [4.69, 9.17) is 4.74 Å². The highest BCUT2D eigenvalue weighted by Gasteiger charge is 2.43. The van der Waals surface area contributed by atoms with Crippen LogP contribution in [0, 0.1) is 0 Å². The molecule has 1 aliphatic heterocycles. The van der Waals surface area contributed by atoms with Gasteiger partial charge in [-0.3, -0.25) is 4.79 Å². The molecule has 0 aromatic heterocycles. The monoisotopic (exact) mass is 465 g/mol. The number of ether oxygens (including phenoxy) is 1. The fraction of sp³-hybridized carbons (Fsp3) is 0.318. The Morgan fingerprint density at radius 1 is 1.07 bits per heavy atom. The van der Waals surface area contributed by atoms with E-state index in [0.717, 1.165) is 23.4 Å². The molecule has 1 fully saturated rings. The molecule has 1 heterocycles. The molecule has 0 radical (unpaired) electrons. The van der Waals surface area contributed by atoms with Crippen molar-refractivity contribution >= 4 is 27.9 Å². The molecule has 2 aliphatic rings. The molecule has 0 unspecified atom stereocenters. The van der Waals surface area contributed by atoms with Crippen LogP contribution in [-0.2, 0) is 16.4 Å². The topological polar surface area (TPSA) is 29.5 Å². The third-order valence-electron chi connectivity index (χ3n) is 5.73. The van der Waals surface area contributed by atoms with Gasteiger partial charge in [0.25, 0.3) is 5.91 Å². The highest BCUT2D eigenvalue weighted by Crippen LogP contribution is 2.51. The number of carbonyl (C=O) groups excluding carboxylic acids is 1.